The van der Waals surface area contributed by atoms with Gasteiger partial charge in [0, 0.05) is 20.5 Å². The second-order valence-electron chi connectivity index (χ2n) is 4.81. The molecule has 1 aliphatic rings. The van der Waals surface area contributed by atoms with E-state index in [0.29, 0.717) is 5.17 Å². The molecule has 1 atom stereocenters. The smallest absolute Gasteiger partial charge is 0.325 e. The minimum absolute atomic E-state index is 0.223. The van der Waals surface area contributed by atoms with Crippen molar-refractivity contribution < 1.29 is 22.8 Å². The van der Waals surface area contributed by atoms with Crippen LogP contribution in [-0.4, -0.2) is 41.2 Å². The second-order valence-corrected chi connectivity index (χ2v) is 5.98. The predicted octanol–water partition coefficient (Wildman–Crippen LogP) is 2.59. The fourth-order valence-corrected chi connectivity index (χ4v) is 3.21. The molecule has 0 aromatic heterocycles. The standard InChI is InChI=1S/C14H14F3N3O2S/c1-18-13-20(2)12(22)10(23-13)7-11(21)19-9-6-4-3-5-8(9)14(15,16)17/h3-6,10H,7H2,1-2H3,(H,19,21). The lowest BCUT2D eigenvalue weighted by Crippen LogP contribution is -2.30. The number of aliphatic imine (C=N–C) groups is 1. The first kappa shape index (κ1) is 17.3. The molecule has 0 radical (unpaired) electrons. The van der Waals surface area contributed by atoms with Gasteiger partial charge in [-0.1, -0.05) is 23.9 Å². The number of nitrogens with one attached hydrogen (secondary N) is 1. The molecule has 1 aromatic rings. The van der Waals surface area contributed by atoms with Crippen LogP contribution in [0.25, 0.3) is 0 Å². The van der Waals surface area contributed by atoms with E-state index in [-0.39, 0.29) is 18.0 Å². The van der Waals surface area contributed by atoms with Gasteiger partial charge in [0.15, 0.2) is 5.17 Å². The molecule has 1 fully saturated rings. The first-order valence-electron chi connectivity index (χ1n) is 6.61. The van der Waals surface area contributed by atoms with Crippen molar-refractivity contribution in [3.63, 3.8) is 0 Å². The fourth-order valence-electron chi connectivity index (χ4n) is 2.11. The van der Waals surface area contributed by atoms with Crippen LogP contribution in [0.4, 0.5) is 18.9 Å². The van der Waals surface area contributed by atoms with Gasteiger partial charge in [-0.3, -0.25) is 19.5 Å². The van der Waals surface area contributed by atoms with E-state index in [1.807, 2.05) is 0 Å². The molecule has 2 amide bonds. The summed E-state index contributed by atoms with van der Waals surface area (Å²) in [6.07, 6.45) is -4.79. The van der Waals surface area contributed by atoms with E-state index in [1.165, 1.54) is 37.2 Å². The molecule has 2 rings (SSSR count). The molecule has 9 heteroatoms. The largest absolute Gasteiger partial charge is 0.418 e. The van der Waals surface area contributed by atoms with Gasteiger partial charge >= 0.3 is 6.18 Å². The Morgan fingerprint density at radius 2 is 2.04 bits per heavy atom. The molecule has 0 bridgehead atoms. The average Bonchev–Trinajstić information content (AvgIpc) is 2.74. The van der Waals surface area contributed by atoms with Crippen molar-refractivity contribution in [1.82, 2.24) is 4.90 Å². The number of rotatable bonds is 3. The van der Waals surface area contributed by atoms with Gasteiger partial charge in [0.05, 0.1) is 11.3 Å². The van der Waals surface area contributed by atoms with Crippen LogP contribution in [0.1, 0.15) is 12.0 Å². The number of nitrogens with zero attached hydrogens (tertiary/aromatic N) is 2. The zero-order valence-electron chi connectivity index (χ0n) is 12.3. The lowest BCUT2D eigenvalue weighted by atomic mass is 10.1. The van der Waals surface area contributed by atoms with Crippen molar-refractivity contribution >= 4 is 34.4 Å². The van der Waals surface area contributed by atoms with Crippen LogP contribution >= 0.6 is 11.8 Å². The van der Waals surface area contributed by atoms with Crippen molar-refractivity contribution in [2.45, 2.75) is 17.8 Å². The SMILES string of the molecule is CN=C1SC(CC(=O)Nc2ccccc2C(F)(F)F)C(=O)N1C. The second kappa shape index (κ2) is 6.61. The summed E-state index contributed by atoms with van der Waals surface area (Å²) in [7, 11) is 3.06. The number of hydrogen-bond acceptors (Lipinski definition) is 4. The molecule has 0 aliphatic carbocycles. The molecule has 1 unspecified atom stereocenters. The van der Waals surface area contributed by atoms with Gasteiger partial charge in [-0.15, -0.1) is 0 Å². The van der Waals surface area contributed by atoms with Gasteiger partial charge in [0.25, 0.3) is 0 Å². The summed E-state index contributed by atoms with van der Waals surface area (Å²) in [5, 5.41) is 2.02. The Morgan fingerprint density at radius 1 is 1.39 bits per heavy atom. The maximum Gasteiger partial charge on any atom is 0.418 e. The van der Waals surface area contributed by atoms with Crippen LogP contribution in [0.5, 0.6) is 0 Å². The number of benzene rings is 1. The molecule has 124 valence electrons. The van der Waals surface area contributed by atoms with Gasteiger partial charge in [-0.25, -0.2) is 0 Å². The van der Waals surface area contributed by atoms with E-state index in [1.54, 1.807) is 0 Å². The van der Waals surface area contributed by atoms with Crippen LogP contribution in [0, 0.1) is 0 Å². The Balaban J connectivity index is 2.09. The highest BCUT2D eigenvalue weighted by Gasteiger charge is 2.37. The topological polar surface area (TPSA) is 61.8 Å². The van der Waals surface area contributed by atoms with Gasteiger partial charge in [-0.05, 0) is 12.1 Å². The van der Waals surface area contributed by atoms with Crippen LogP contribution in [0.3, 0.4) is 0 Å². The first-order chi connectivity index (χ1) is 10.7. The zero-order chi connectivity index (χ0) is 17.2. The molecule has 5 nitrogen and oxygen atoms in total. The number of thioether (sulfide) groups is 1. The van der Waals surface area contributed by atoms with E-state index in [2.05, 4.69) is 10.3 Å². The summed E-state index contributed by atoms with van der Waals surface area (Å²) in [4.78, 5) is 29.2. The number of para-hydroxylation sites is 1. The minimum atomic E-state index is -4.57. The van der Waals surface area contributed by atoms with Crippen LogP contribution < -0.4 is 5.32 Å². The number of hydrogen-bond donors (Lipinski definition) is 1. The predicted molar refractivity (Wildman–Crippen MR) is 82.2 cm³/mol. The van der Waals surface area contributed by atoms with Gasteiger partial charge in [0.1, 0.15) is 5.25 Å². The van der Waals surface area contributed by atoms with Crippen LogP contribution in [0.15, 0.2) is 29.3 Å². The number of carbonyl (C=O) groups is 2. The molecular formula is C14H14F3N3O2S. The molecule has 1 aliphatic heterocycles. The molecule has 0 spiro atoms. The Morgan fingerprint density at radius 3 is 2.61 bits per heavy atom. The van der Waals surface area contributed by atoms with Crippen molar-refractivity contribution in [2.75, 3.05) is 19.4 Å². The third-order valence-electron chi connectivity index (χ3n) is 3.21. The van der Waals surface area contributed by atoms with E-state index in [9.17, 15) is 22.8 Å². The maximum absolute atomic E-state index is 12.9. The number of amidine groups is 1. The van der Waals surface area contributed by atoms with E-state index in [0.717, 1.165) is 17.8 Å². The molecule has 1 aromatic carbocycles. The van der Waals surface area contributed by atoms with Crippen LogP contribution in [0.2, 0.25) is 0 Å². The highest BCUT2D eigenvalue weighted by Crippen LogP contribution is 2.35. The number of alkyl halides is 3. The fraction of sp³-hybridized carbons (Fsp3) is 0.357. The van der Waals surface area contributed by atoms with Crippen molar-refractivity contribution in [3.05, 3.63) is 29.8 Å². The lowest BCUT2D eigenvalue weighted by molar-refractivity contribution is -0.137. The maximum atomic E-state index is 12.9. The number of anilines is 1. The lowest BCUT2D eigenvalue weighted by Gasteiger charge is -2.14. The summed E-state index contributed by atoms with van der Waals surface area (Å²) >= 11 is 1.12. The number of carbonyl (C=O) groups excluding carboxylic acids is 2. The van der Waals surface area contributed by atoms with Crippen LogP contribution in [-0.2, 0) is 15.8 Å². The summed E-state index contributed by atoms with van der Waals surface area (Å²) in [6, 6.07) is 4.71. The van der Waals surface area contributed by atoms with E-state index >= 15 is 0 Å². The van der Waals surface area contributed by atoms with E-state index < -0.39 is 22.9 Å². The average molecular weight is 345 g/mol. The van der Waals surface area contributed by atoms with Gasteiger partial charge in [0.2, 0.25) is 11.8 Å². The van der Waals surface area contributed by atoms with Crippen molar-refractivity contribution in [2.24, 2.45) is 4.99 Å². The number of halogens is 3. The van der Waals surface area contributed by atoms with Gasteiger partial charge < -0.3 is 5.32 Å². The summed E-state index contributed by atoms with van der Waals surface area (Å²) in [6.45, 7) is 0. The minimum Gasteiger partial charge on any atom is -0.325 e. The molecule has 1 N–H and O–H groups in total. The highest BCUT2D eigenvalue weighted by atomic mass is 32.2. The molecule has 1 heterocycles. The molecule has 23 heavy (non-hydrogen) atoms. The van der Waals surface area contributed by atoms with Gasteiger partial charge in [-0.2, -0.15) is 13.2 Å². The van der Waals surface area contributed by atoms with Crippen molar-refractivity contribution in [1.29, 1.82) is 0 Å². The van der Waals surface area contributed by atoms with E-state index in [4.69, 9.17) is 0 Å². The third kappa shape index (κ3) is 3.84. The Labute approximate surface area is 134 Å². The molecular weight excluding hydrogens is 331 g/mol. The Hall–Kier alpha value is -2.03. The highest BCUT2D eigenvalue weighted by molar-refractivity contribution is 8.15. The zero-order valence-corrected chi connectivity index (χ0v) is 13.2. The summed E-state index contributed by atoms with van der Waals surface area (Å²) < 4.78 is 38.6. The normalized spacial score (nSPS) is 20.2. The molecule has 0 saturated carbocycles. The molecule has 1 saturated heterocycles. The third-order valence-corrected chi connectivity index (χ3v) is 4.53. The Kier molecular flexibility index (Phi) is 4.98. The monoisotopic (exact) mass is 345 g/mol. The van der Waals surface area contributed by atoms with Crippen molar-refractivity contribution in [3.8, 4) is 0 Å². The first-order valence-corrected chi connectivity index (χ1v) is 7.49. The number of amides is 2. The summed E-state index contributed by atoms with van der Waals surface area (Å²) in [5.41, 5.74) is -1.25. The Bertz CT molecular complexity index is 661. The quantitative estimate of drug-likeness (QED) is 0.916. The summed E-state index contributed by atoms with van der Waals surface area (Å²) in [5.74, 6) is -0.951.